The summed E-state index contributed by atoms with van der Waals surface area (Å²) in [5.41, 5.74) is 1.35. The van der Waals surface area contributed by atoms with Crippen molar-refractivity contribution in [1.82, 2.24) is 0 Å². The smallest absolute Gasteiger partial charge is 0.310 e. The average molecular weight is 329 g/mol. The van der Waals surface area contributed by atoms with E-state index in [1.807, 2.05) is 6.07 Å². The lowest BCUT2D eigenvalue weighted by atomic mass is 10.1. The summed E-state index contributed by atoms with van der Waals surface area (Å²) in [4.78, 5) is 23.5. The van der Waals surface area contributed by atoms with Gasteiger partial charge in [0.2, 0.25) is 0 Å². The fourth-order valence-electron chi connectivity index (χ4n) is 1.87. The third kappa shape index (κ3) is 4.83. The molecule has 0 atom stereocenters. The molecule has 116 valence electrons. The first-order chi connectivity index (χ1) is 11.1. The number of para-hydroxylation sites is 1. The summed E-state index contributed by atoms with van der Waals surface area (Å²) in [6.07, 6.45) is -0.0122. The van der Waals surface area contributed by atoms with Gasteiger partial charge in [-0.1, -0.05) is 41.9 Å². The molecule has 0 radical (unpaired) electrons. The number of nitrogens with one attached hydrogen (secondary N) is 1. The first kappa shape index (κ1) is 16.5. The molecule has 5 nitrogen and oxygen atoms in total. The van der Waals surface area contributed by atoms with Crippen LogP contribution >= 0.6 is 11.6 Å². The van der Waals surface area contributed by atoms with Gasteiger partial charge in [0.1, 0.15) is 6.07 Å². The Kier molecular flexibility index (Phi) is 5.73. The van der Waals surface area contributed by atoms with Crippen LogP contribution in [0, 0.1) is 11.3 Å². The number of amides is 1. The van der Waals surface area contributed by atoms with Crippen molar-refractivity contribution in [2.24, 2.45) is 0 Å². The van der Waals surface area contributed by atoms with Crippen molar-refractivity contribution in [3.63, 3.8) is 0 Å². The van der Waals surface area contributed by atoms with E-state index < -0.39 is 18.5 Å². The lowest BCUT2D eigenvalue weighted by Gasteiger charge is -2.08. The third-order valence-corrected chi connectivity index (χ3v) is 3.35. The topological polar surface area (TPSA) is 79.2 Å². The fraction of sp³-hybridized carbons (Fsp3) is 0.118. The highest BCUT2D eigenvalue weighted by Crippen LogP contribution is 2.16. The standard InChI is InChI=1S/C17H13ClN2O3/c18-14-7-3-1-5-12(14)9-17(22)23-11-16(21)20-15-8-4-2-6-13(15)10-19/h1-8H,9,11H2,(H,20,21). The monoisotopic (exact) mass is 328 g/mol. The van der Waals surface area contributed by atoms with Crippen LogP contribution in [-0.4, -0.2) is 18.5 Å². The molecule has 2 rings (SSSR count). The molecule has 0 aliphatic rings. The van der Waals surface area contributed by atoms with E-state index in [1.54, 1.807) is 48.5 Å². The Morgan fingerprint density at radius 1 is 1.13 bits per heavy atom. The molecule has 6 heteroatoms. The van der Waals surface area contributed by atoms with E-state index >= 15 is 0 Å². The summed E-state index contributed by atoms with van der Waals surface area (Å²) in [5.74, 6) is -1.07. The van der Waals surface area contributed by atoms with Crippen molar-refractivity contribution in [1.29, 1.82) is 5.26 Å². The van der Waals surface area contributed by atoms with Crippen LogP contribution in [0.1, 0.15) is 11.1 Å². The number of hydrogen-bond acceptors (Lipinski definition) is 4. The number of rotatable bonds is 5. The van der Waals surface area contributed by atoms with Crippen LogP contribution in [0.2, 0.25) is 5.02 Å². The molecule has 0 fully saturated rings. The second kappa shape index (κ2) is 7.97. The van der Waals surface area contributed by atoms with Crippen LogP contribution < -0.4 is 5.32 Å². The quantitative estimate of drug-likeness (QED) is 0.856. The molecular weight excluding hydrogens is 316 g/mol. The Labute approximate surface area is 138 Å². The molecule has 0 saturated heterocycles. The van der Waals surface area contributed by atoms with Gasteiger partial charge in [0.15, 0.2) is 6.61 Å². The van der Waals surface area contributed by atoms with Crippen molar-refractivity contribution in [3.8, 4) is 6.07 Å². The summed E-state index contributed by atoms with van der Waals surface area (Å²) in [6, 6.07) is 15.5. The molecule has 1 amide bonds. The highest BCUT2D eigenvalue weighted by Gasteiger charge is 2.11. The van der Waals surface area contributed by atoms with Crippen molar-refractivity contribution in [2.75, 3.05) is 11.9 Å². The lowest BCUT2D eigenvalue weighted by Crippen LogP contribution is -2.22. The van der Waals surface area contributed by atoms with Gasteiger partial charge in [0.25, 0.3) is 5.91 Å². The number of nitriles is 1. The fourth-order valence-corrected chi connectivity index (χ4v) is 2.07. The second-order valence-corrected chi connectivity index (χ2v) is 5.04. The van der Waals surface area contributed by atoms with Gasteiger partial charge in [-0.15, -0.1) is 0 Å². The molecule has 0 spiro atoms. The zero-order valence-electron chi connectivity index (χ0n) is 12.1. The van der Waals surface area contributed by atoms with Gasteiger partial charge >= 0.3 is 5.97 Å². The van der Waals surface area contributed by atoms with Crippen molar-refractivity contribution in [2.45, 2.75) is 6.42 Å². The number of anilines is 1. The molecule has 0 aromatic heterocycles. The van der Waals surface area contributed by atoms with Gasteiger partial charge in [0.05, 0.1) is 17.7 Å². The predicted octanol–water partition coefficient (Wildman–Crippen LogP) is 2.94. The van der Waals surface area contributed by atoms with E-state index in [2.05, 4.69) is 5.32 Å². The van der Waals surface area contributed by atoms with Gasteiger partial charge in [-0.2, -0.15) is 5.26 Å². The van der Waals surface area contributed by atoms with Gasteiger partial charge in [0, 0.05) is 5.02 Å². The molecule has 1 N–H and O–H groups in total. The van der Waals surface area contributed by atoms with Crippen LogP contribution in [0.4, 0.5) is 5.69 Å². The van der Waals surface area contributed by atoms with E-state index in [4.69, 9.17) is 21.6 Å². The summed E-state index contributed by atoms with van der Waals surface area (Å²) < 4.78 is 4.92. The zero-order valence-corrected chi connectivity index (χ0v) is 12.8. The maximum Gasteiger partial charge on any atom is 0.310 e. The molecule has 2 aromatic carbocycles. The summed E-state index contributed by atoms with van der Waals surface area (Å²) in [5, 5.41) is 11.9. The number of carbonyl (C=O) groups is 2. The first-order valence-corrected chi connectivity index (χ1v) is 7.16. The van der Waals surface area contributed by atoms with E-state index in [9.17, 15) is 9.59 Å². The van der Waals surface area contributed by atoms with E-state index in [0.29, 0.717) is 21.8 Å². The molecular formula is C17H13ClN2O3. The highest BCUT2D eigenvalue weighted by atomic mass is 35.5. The van der Waals surface area contributed by atoms with E-state index in [1.165, 1.54) is 0 Å². The third-order valence-electron chi connectivity index (χ3n) is 2.98. The van der Waals surface area contributed by atoms with Crippen molar-refractivity contribution < 1.29 is 14.3 Å². The molecule has 23 heavy (non-hydrogen) atoms. The Bertz CT molecular complexity index is 768. The van der Waals surface area contributed by atoms with Crippen LogP contribution in [0.15, 0.2) is 48.5 Å². The Morgan fingerprint density at radius 3 is 2.57 bits per heavy atom. The molecule has 0 aliphatic heterocycles. The number of ether oxygens (including phenoxy) is 1. The molecule has 2 aromatic rings. The van der Waals surface area contributed by atoms with Gasteiger partial charge in [-0.3, -0.25) is 9.59 Å². The maximum atomic E-state index is 11.8. The second-order valence-electron chi connectivity index (χ2n) is 4.63. The minimum absolute atomic E-state index is 0.0122. The van der Waals surface area contributed by atoms with E-state index in [-0.39, 0.29) is 6.42 Å². The van der Waals surface area contributed by atoms with Gasteiger partial charge in [-0.05, 0) is 23.8 Å². The number of nitrogens with zero attached hydrogens (tertiary/aromatic N) is 1. The summed E-state index contributed by atoms with van der Waals surface area (Å²) in [6.45, 7) is -0.428. The van der Waals surface area contributed by atoms with Crippen LogP contribution in [-0.2, 0) is 20.7 Å². The number of benzene rings is 2. The van der Waals surface area contributed by atoms with Gasteiger partial charge < -0.3 is 10.1 Å². The molecule has 0 saturated carbocycles. The number of carbonyl (C=O) groups excluding carboxylic acids is 2. The first-order valence-electron chi connectivity index (χ1n) is 6.78. The maximum absolute atomic E-state index is 11.8. The van der Waals surface area contributed by atoms with Crippen molar-refractivity contribution in [3.05, 3.63) is 64.7 Å². The Balaban J connectivity index is 1.86. The Morgan fingerprint density at radius 2 is 1.83 bits per heavy atom. The van der Waals surface area contributed by atoms with E-state index in [0.717, 1.165) is 0 Å². The van der Waals surface area contributed by atoms with Crippen LogP contribution in [0.5, 0.6) is 0 Å². The minimum Gasteiger partial charge on any atom is -0.455 e. The molecule has 0 bridgehead atoms. The highest BCUT2D eigenvalue weighted by molar-refractivity contribution is 6.31. The minimum atomic E-state index is -0.554. The summed E-state index contributed by atoms with van der Waals surface area (Å²) >= 11 is 5.95. The molecule has 0 aliphatic carbocycles. The normalized spacial score (nSPS) is 9.74. The average Bonchev–Trinajstić information content (AvgIpc) is 2.55. The molecule has 0 heterocycles. The SMILES string of the molecule is N#Cc1ccccc1NC(=O)COC(=O)Cc1ccccc1Cl. The van der Waals surface area contributed by atoms with Crippen molar-refractivity contribution >= 4 is 29.2 Å². The predicted molar refractivity (Wildman–Crippen MR) is 85.9 cm³/mol. The van der Waals surface area contributed by atoms with Gasteiger partial charge in [-0.25, -0.2) is 0 Å². The van der Waals surface area contributed by atoms with Crippen LogP contribution in [0.3, 0.4) is 0 Å². The molecule has 0 unspecified atom stereocenters. The van der Waals surface area contributed by atoms with Crippen LogP contribution in [0.25, 0.3) is 0 Å². The summed E-state index contributed by atoms with van der Waals surface area (Å²) in [7, 11) is 0. The zero-order chi connectivity index (χ0) is 16.7. The number of esters is 1. The largest absolute Gasteiger partial charge is 0.455 e. The lowest BCUT2D eigenvalue weighted by molar-refractivity contribution is -0.146. The number of halogens is 1. The Hall–Kier alpha value is -2.84. The number of hydrogen-bond donors (Lipinski definition) is 1.